The molecular weight excluding hydrogens is 204 g/mol. The third kappa shape index (κ3) is 3.06. The molecule has 2 atom stereocenters. The number of Topliss-reactive ketones (excluding diaryl/α,β-unsaturated/α-hetero) is 1. The third-order valence-corrected chi connectivity index (χ3v) is 3.86. The zero-order valence-corrected chi connectivity index (χ0v) is 10.2. The van der Waals surface area contributed by atoms with Gasteiger partial charge in [0.25, 0.3) is 0 Å². The highest BCUT2D eigenvalue weighted by Crippen LogP contribution is 2.36. The highest BCUT2D eigenvalue weighted by atomic mass is 16.4. The Labute approximate surface area is 97.2 Å². The fourth-order valence-corrected chi connectivity index (χ4v) is 3.06. The van der Waals surface area contributed by atoms with Crippen molar-refractivity contribution in [1.82, 2.24) is 0 Å². The standard InChI is InChI=1S/C13H22O3/c1-3-11(10-7-5-4-6-8-10)12(9(2)14)13(15)16/h10-12H,3-8H2,1-2H3,(H,15,16). The van der Waals surface area contributed by atoms with Crippen LogP contribution < -0.4 is 0 Å². The molecule has 16 heavy (non-hydrogen) atoms. The van der Waals surface area contributed by atoms with Crippen LogP contribution in [0.3, 0.4) is 0 Å². The lowest BCUT2D eigenvalue weighted by molar-refractivity contribution is -0.149. The molecule has 0 aromatic carbocycles. The summed E-state index contributed by atoms with van der Waals surface area (Å²) in [7, 11) is 0. The Morgan fingerprint density at radius 3 is 2.19 bits per heavy atom. The van der Waals surface area contributed by atoms with Crippen molar-refractivity contribution in [1.29, 1.82) is 0 Å². The van der Waals surface area contributed by atoms with Crippen LogP contribution in [0.5, 0.6) is 0 Å². The van der Waals surface area contributed by atoms with E-state index in [4.69, 9.17) is 5.11 Å². The van der Waals surface area contributed by atoms with Gasteiger partial charge in [0.15, 0.2) is 0 Å². The van der Waals surface area contributed by atoms with Gasteiger partial charge in [-0.2, -0.15) is 0 Å². The second kappa shape index (κ2) is 6.02. The van der Waals surface area contributed by atoms with Crippen molar-refractivity contribution in [2.24, 2.45) is 17.8 Å². The fourth-order valence-electron chi connectivity index (χ4n) is 3.06. The molecule has 92 valence electrons. The van der Waals surface area contributed by atoms with Gasteiger partial charge in [0.2, 0.25) is 0 Å². The van der Waals surface area contributed by atoms with E-state index in [1.807, 2.05) is 6.92 Å². The van der Waals surface area contributed by atoms with Crippen molar-refractivity contribution in [3.63, 3.8) is 0 Å². The molecule has 0 aliphatic heterocycles. The molecule has 1 aliphatic rings. The van der Waals surface area contributed by atoms with E-state index in [-0.39, 0.29) is 11.7 Å². The molecule has 1 saturated carbocycles. The summed E-state index contributed by atoms with van der Waals surface area (Å²) in [6.45, 7) is 3.41. The molecule has 2 unspecified atom stereocenters. The van der Waals surface area contributed by atoms with Crippen LogP contribution >= 0.6 is 0 Å². The van der Waals surface area contributed by atoms with Gasteiger partial charge in [-0.15, -0.1) is 0 Å². The van der Waals surface area contributed by atoms with Gasteiger partial charge in [-0.3, -0.25) is 9.59 Å². The second-order valence-electron chi connectivity index (χ2n) is 4.90. The van der Waals surface area contributed by atoms with E-state index in [1.165, 1.54) is 26.2 Å². The topological polar surface area (TPSA) is 54.4 Å². The minimum atomic E-state index is -0.940. The molecule has 0 aromatic rings. The molecule has 1 N–H and O–H groups in total. The molecule has 0 radical (unpaired) electrons. The van der Waals surface area contributed by atoms with Crippen LogP contribution in [0.15, 0.2) is 0 Å². The Bertz CT molecular complexity index is 240. The third-order valence-electron chi connectivity index (χ3n) is 3.86. The Kier molecular flexibility index (Phi) is 4.97. The van der Waals surface area contributed by atoms with Crippen molar-refractivity contribution in [3.05, 3.63) is 0 Å². The maximum absolute atomic E-state index is 11.4. The Balaban J connectivity index is 2.76. The lowest BCUT2D eigenvalue weighted by atomic mass is 9.72. The largest absolute Gasteiger partial charge is 0.481 e. The predicted molar refractivity (Wildman–Crippen MR) is 62.2 cm³/mol. The van der Waals surface area contributed by atoms with Crippen LogP contribution in [0.2, 0.25) is 0 Å². The minimum Gasteiger partial charge on any atom is -0.481 e. The van der Waals surface area contributed by atoms with E-state index in [0.717, 1.165) is 19.3 Å². The molecule has 0 amide bonds. The summed E-state index contributed by atoms with van der Waals surface area (Å²) in [6.07, 6.45) is 6.61. The first-order valence-corrected chi connectivity index (χ1v) is 6.31. The van der Waals surface area contributed by atoms with Gasteiger partial charge in [-0.25, -0.2) is 0 Å². The molecule has 0 bridgehead atoms. The van der Waals surface area contributed by atoms with Gasteiger partial charge < -0.3 is 5.11 Å². The van der Waals surface area contributed by atoms with Gasteiger partial charge in [0, 0.05) is 0 Å². The fraction of sp³-hybridized carbons (Fsp3) is 0.846. The summed E-state index contributed by atoms with van der Waals surface area (Å²) in [4.78, 5) is 22.6. The van der Waals surface area contributed by atoms with Gasteiger partial charge in [0.1, 0.15) is 11.7 Å². The Hall–Kier alpha value is -0.860. The average molecular weight is 226 g/mol. The minimum absolute atomic E-state index is 0.0373. The number of hydrogen-bond donors (Lipinski definition) is 1. The summed E-state index contributed by atoms with van der Waals surface area (Å²) in [5, 5.41) is 9.16. The summed E-state index contributed by atoms with van der Waals surface area (Å²) in [6, 6.07) is 0. The van der Waals surface area contributed by atoms with E-state index in [1.54, 1.807) is 0 Å². The molecular formula is C13H22O3. The molecule has 1 rings (SSSR count). The molecule has 0 saturated heterocycles. The predicted octanol–water partition coefficient (Wildman–Crippen LogP) is 2.88. The molecule has 1 fully saturated rings. The van der Waals surface area contributed by atoms with Crippen LogP contribution in [0.4, 0.5) is 0 Å². The first-order chi connectivity index (χ1) is 7.57. The van der Waals surface area contributed by atoms with E-state index < -0.39 is 11.9 Å². The SMILES string of the molecule is CCC(C1CCCCC1)C(C(C)=O)C(=O)O. The molecule has 3 nitrogen and oxygen atoms in total. The van der Waals surface area contributed by atoms with Crippen molar-refractivity contribution < 1.29 is 14.7 Å². The number of ketones is 1. The number of carbonyl (C=O) groups is 2. The van der Waals surface area contributed by atoms with Crippen LogP contribution in [0, 0.1) is 17.8 Å². The molecule has 1 aliphatic carbocycles. The Morgan fingerprint density at radius 1 is 1.25 bits per heavy atom. The van der Waals surface area contributed by atoms with E-state index in [0.29, 0.717) is 5.92 Å². The quantitative estimate of drug-likeness (QED) is 0.733. The molecule has 3 heteroatoms. The van der Waals surface area contributed by atoms with Crippen molar-refractivity contribution >= 4 is 11.8 Å². The smallest absolute Gasteiger partial charge is 0.314 e. The summed E-state index contributed by atoms with van der Waals surface area (Å²) in [5.41, 5.74) is 0. The van der Waals surface area contributed by atoms with E-state index in [9.17, 15) is 9.59 Å². The summed E-state index contributed by atoms with van der Waals surface area (Å²) < 4.78 is 0. The van der Waals surface area contributed by atoms with Gasteiger partial charge in [-0.05, 0) is 18.8 Å². The summed E-state index contributed by atoms with van der Waals surface area (Å²) >= 11 is 0. The number of carboxylic acid groups (broad SMARTS) is 1. The van der Waals surface area contributed by atoms with Crippen molar-refractivity contribution in [2.75, 3.05) is 0 Å². The van der Waals surface area contributed by atoms with Crippen LogP contribution in [-0.4, -0.2) is 16.9 Å². The average Bonchev–Trinajstić information content (AvgIpc) is 2.25. The molecule has 0 aromatic heterocycles. The normalized spacial score (nSPS) is 21.4. The highest BCUT2D eigenvalue weighted by Gasteiger charge is 2.36. The monoisotopic (exact) mass is 226 g/mol. The highest BCUT2D eigenvalue weighted by molar-refractivity contribution is 5.97. The Morgan fingerprint density at radius 2 is 1.81 bits per heavy atom. The molecule has 0 heterocycles. The number of rotatable bonds is 5. The molecule has 0 spiro atoms. The summed E-state index contributed by atoms with van der Waals surface area (Å²) in [5.74, 6) is -1.44. The van der Waals surface area contributed by atoms with E-state index >= 15 is 0 Å². The maximum atomic E-state index is 11.4. The lowest BCUT2D eigenvalue weighted by Crippen LogP contribution is -2.35. The number of hydrogen-bond acceptors (Lipinski definition) is 2. The van der Waals surface area contributed by atoms with Crippen molar-refractivity contribution in [3.8, 4) is 0 Å². The van der Waals surface area contributed by atoms with Gasteiger partial charge >= 0.3 is 5.97 Å². The number of aliphatic carboxylic acids is 1. The zero-order chi connectivity index (χ0) is 12.1. The lowest BCUT2D eigenvalue weighted by Gasteiger charge is -2.32. The van der Waals surface area contributed by atoms with Crippen molar-refractivity contribution in [2.45, 2.75) is 52.4 Å². The first-order valence-electron chi connectivity index (χ1n) is 6.31. The van der Waals surface area contributed by atoms with Gasteiger partial charge in [0.05, 0.1) is 0 Å². The maximum Gasteiger partial charge on any atom is 0.314 e. The first kappa shape index (κ1) is 13.2. The number of carboxylic acids is 1. The number of carbonyl (C=O) groups excluding carboxylic acids is 1. The van der Waals surface area contributed by atoms with Crippen LogP contribution in [-0.2, 0) is 9.59 Å². The van der Waals surface area contributed by atoms with Crippen LogP contribution in [0.1, 0.15) is 52.4 Å². The van der Waals surface area contributed by atoms with Gasteiger partial charge in [-0.1, -0.05) is 45.4 Å². The van der Waals surface area contributed by atoms with E-state index in [2.05, 4.69) is 0 Å². The second-order valence-corrected chi connectivity index (χ2v) is 4.90. The zero-order valence-electron chi connectivity index (χ0n) is 10.2. The van der Waals surface area contributed by atoms with Crippen LogP contribution in [0.25, 0.3) is 0 Å².